The Hall–Kier alpha value is -0.620. The fraction of sp³-hybridized carbons (Fsp3) is 0.462. The summed E-state index contributed by atoms with van der Waals surface area (Å²) in [6, 6.07) is 4.97. The summed E-state index contributed by atoms with van der Waals surface area (Å²) in [7, 11) is 1.57. The van der Waals surface area contributed by atoms with Crippen molar-refractivity contribution in [3.05, 3.63) is 33.3 Å². The van der Waals surface area contributed by atoms with Crippen molar-refractivity contribution in [3.8, 4) is 0 Å². The second kappa shape index (κ2) is 7.24. The van der Waals surface area contributed by atoms with Crippen LogP contribution in [0.2, 0.25) is 5.02 Å². The molecule has 1 amide bonds. The van der Waals surface area contributed by atoms with Gasteiger partial charge in [-0.1, -0.05) is 11.6 Å². The minimum atomic E-state index is -1.00. The normalized spacial score (nSPS) is 13.9. The van der Waals surface area contributed by atoms with Gasteiger partial charge in [0.05, 0.1) is 11.2 Å². The van der Waals surface area contributed by atoms with E-state index >= 15 is 0 Å². The molecule has 1 unspecified atom stereocenters. The predicted molar refractivity (Wildman–Crippen MR) is 78.6 cm³/mol. The van der Waals surface area contributed by atoms with Gasteiger partial charge in [0, 0.05) is 36.2 Å². The van der Waals surface area contributed by atoms with Crippen LogP contribution in [0.3, 0.4) is 0 Å². The number of carbonyl (C=O) groups excluding carboxylic acids is 1. The largest absolute Gasteiger partial charge is 0.388 e. The molecule has 2 N–H and O–H groups in total. The highest BCUT2D eigenvalue weighted by molar-refractivity contribution is 9.10. The second-order valence-corrected chi connectivity index (χ2v) is 5.84. The molecule has 6 heteroatoms. The van der Waals surface area contributed by atoms with E-state index in [1.54, 1.807) is 32.2 Å². The third kappa shape index (κ3) is 5.48. The Morgan fingerprint density at radius 2 is 2.26 bits per heavy atom. The number of methoxy groups -OCH3 is 1. The maximum Gasteiger partial charge on any atom is 0.252 e. The number of hydrogen-bond donors (Lipinski definition) is 2. The van der Waals surface area contributed by atoms with Gasteiger partial charge in [-0.2, -0.15) is 0 Å². The molecule has 0 aliphatic rings. The van der Waals surface area contributed by atoms with Gasteiger partial charge in [-0.25, -0.2) is 0 Å². The van der Waals surface area contributed by atoms with E-state index in [1.165, 1.54) is 0 Å². The molecule has 106 valence electrons. The molecular formula is C13H17BrClNO3. The summed E-state index contributed by atoms with van der Waals surface area (Å²) < 4.78 is 5.56. The van der Waals surface area contributed by atoms with Crippen LogP contribution in [0.25, 0.3) is 0 Å². The van der Waals surface area contributed by atoms with E-state index in [-0.39, 0.29) is 12.5 Å². The van der Waals surface area contributed by atoms with Crippen LogP contribution >= 0.6 is 27.5 Å². The number of carbonyl (C=O) groups is 1. The summed E-state index contributed by atoms with van der Waals surface area (Å²) in [5.74, 6) is -0.285. The minimum absolute atomic E-state index is 0.147. The topological polar surface area (TPSA) is 58.6 Å². The Balaban J connectivity index is 2.62. The van der Waals surface area contributed by atoms with Crippen LogP contribution in [0.4, 0.5) is 0 Å². The number of halogens is 2. The van der Waals surface area contributed by atoms with Crippen molar-refractivity contribution in [2.45, 2.75) is 18.9 Å². The first-order valence-corrected chi connectivity index (χ1v) is 6.97. The van der Waals surface area contributed by atoms with Gasteiger partial charge in [0.15, 0.2) is 0 Å². The average molecular weight is 351 g/mol. The van der Waals surface area contributed by atoms with Crippen molar-refractivity contribution in [1.29, 1.82) is 0 Å². The molecule has 1 rings (SSSR count). The quantitative estimate of drug-likeness (QED) is 0.829. The molecule has 0 bridgehead atoms. The van der Waals surface area contributed by atoms with E-state index in [1.807, 2.05) is 0 Å². The lowest BCUT2D eigenvalue weighted by atomic mass is 10.0. The molecule has 0 aromatic heterocycles. The van der Waals surface area contributed by atoms with E-state index in [9.17, 15) is 9.90 Å². The zero-order valence-electron chi connectivity index (χ0n) is 10.9. The summed E-state index contributed by atoms with van der Waals surface area (Å²) in [5.41, 5.74) is -0.563. The monoisotopic (exact) mass is 349 g/mol. The molecule has 4 nitrogen and oxygen atoms in total. The molecule has 1 atom stereocenters. The van der Waals surface area contributed by atoms with Crippen LogP contribution in [-0.4, -0.2) is 36.9 Å². The van der Waals surface area contributed by atoms with Crippen LogP contribution < -0.4 is 5.32 Å². The molecule has 0 spiro atoms. The number of amides is 1. The molecule has 19 heavy (non-hydrogen) atoms. The van der Waals surface area contributed by atoms with Gasteiger partial charge < -0.3 is 15.2 Å². The van der Waals surface area contributed by atoms with Crippen molar-refractivity contribution in [2.24, 2.45) is 0 Å². The Morgan fingerprint density at radius 1 is 1.58 bits per heavy atom. The maximum atomic E-state index is 12.0. The number of benzene rings is 1. The van der Waals surface area contributed by atoms with Crippen molar-refractivity contribution < 1.29 is 14.6 Å². The first-order chi connectivity index (χ1) is 8.85. The molecule has 0 saturated heterocycles. The molecule has 0 saturated carbocycles. The SMILES string of the molecule is COCCC(C)(O)CNC(=O)c1cc(Cl)ccc1Br. The number of hydrogen-bond acceptors (Lipinski definition) is 3. The molecular weight excluding hydrogens is 334 g/mol. The number of nitrogens with one attached hydrogen (secondary N) is 1. The summed E-state index contributed by atoms with van der Waals surface area (Å²) in [6.45, 7) is 2.23. The van der Waals surface area contributed by atoms with Crippen LogP contribution in [0.15, 0.2) is 22.7 Å². The third-order valence-electron chi connectivity index (χ3n) is 2.65. The molecule has 1 aromatic carbocycles. The van der Waals surface area contributed by atoms with Crippen LogP contribution in [0.5, 0.6) is 0 Å². The van der Waals surface area contributed by atoms with Gasteiger partial charge in [0.2, 0.25) is 0 Å². The zero-order valence-corrected chi connectivity index (χ0v) is 13.2. The Labute approximate surface area is 126 Å². The molecule has 0 aliphatic carbocycles. The molecule has 0 radical (unpaired) electrons. The maximum absolute atomic E-state index is 12.0. The number of aliphatic hydroxyl groups is 1. The first kappa shape index (κ1) is 16.4. The van der Waals surface area contributed by atoms with Crippen molar-refractivity contribution in [3.63, 3.8) is 0 Å². The lowest BCUT2D eigenvalue weighted by Gasteiger charge is -2.23. The van der Waals surface area contributed by atoms with Crippen molar-refractivity contribution >= 4 is 33.4 Å². The highest BCUT2D eigenvalue weighted by Gasteiger charge is 2.21. The van der Waals surface area contributed by atoms with Gasteiger partial charge in [-0.3, -0.25) is 4.79 Å². The highest BCUT2D eigenvalue weighted by atomic mass is 79.9. The predicted octanol–water partition coefficient (Wildman–Crippen LogP) is 2.62. The molecule has 0 heterocycles. The molecule has 0 aliphatic heterocycles. The van der Waals surface area contributed by atoms with E-state index in [0.717, 1.165) is 0 Å². The van der Waals surface area contributed by atoms with Gasteiger partial charge in [-0.05, 0) is 41.1 Å². The van der Waals surface area contributed by atoms with E-state index in [2.05, 4.69) is 21.2 Å². The average Bonchev–Trinajstić information content (AvgIpc) is 2.36. The van der Waals surface area contributed by atoms with Crippen LogP contribution in [0, 0.1) is 0 Å². The highest BCUT2D eigenvalue weighted by Crippen LogP contribution is 2.21. The Kier molecular flexibility index (Phi) is 6.26. The minimum Gasteiger partial charge on any atom is -0.388 e. The van der Waals surface area contributed by atoms with Crippen LogP contribution in [0.1, 0.15) is 23.7 Å². The van der Waals surface area contributed by atoms with Crippen LogP contribution in [-0.2, 0) is 4.74 Å². The van der Waals surface area contributed by atoms with Gasteiger partial charge in [0.1, 0.15) is 0 Å². The lowest BCUT2D eigenvalue weighted by molar-refractivity contribution is 0.0243. The van der Waals surface area contributed by atoms with Gasteiger partial charge in [-0.15, -0.1) is 0 Å². The number of ether oxygens (including phenoxy) is 1. The van der Waals surface area contributed by atoms with Gasteiger partial charge in [0.25, 0.3) is 5.91 Å². The van der Waals surface area contributed by atoms with E-state index in [4.69, 9.17) is 16.3 Å². The molecule has 0 fully saturated rings. The summed E-state index contributed by atoms with van der Waals surface area (Å²) in [5, 5.41) is 13.2. The zero-order chi connectivity index (χ0) is 14.5. The molecule has 1 aromatic rings. The fourth-order valence-corrected chi connectivity index (χ4v) is 2.05. The van der Waals surface area contributed by atoms with E-state index < -0.39 is 5.60 Å². The number of rotatable bonds is 6. The second-order valence-electron chi connectivity index (χ2n) is 4.55. The summed E-state index contributed by atoms with van der Waals surface area (Å²) in [6.07, 6.45) is 0.445. The van der Waals surface area contributed by atoms with E-state index in [0.29, 0.717) is 28.1 Å². The summed E-state index contributed by atoms with van der Waals surface area (Å²) in [4.78, 5) is 12.0. The lowest BCUT2D eigenvalue weighted by Crippen LogP contribution is -2.41. The Bertz CT molecular complexity index is 452. The van der Waals surface area contributed by atoms with Crippen molar-refractivity contribution in [1.82, 2.24) is 5.32 Å². The summed E-state index contributed by atoms with van der Waals surface area (Å²) >= 11 is 9.14. The third-order valence-corrected chi connectivity index (χ3v) is 3.57. The Morgan fingerprint density at radius 3 is 2.89 bits per heavy atom. The first-order valence-electron chi connectivity index (χ1n) is 5.80. The standard InChI is InChI=1S/C13H17BrClNO3/c1-13(18,5-6-19-2)8-16-12(17)10-7-9(15)3-4-11(10)14/h3-4,7,18H,5-6,8H2,1-2H3,(H,16,17). The smallest absolute Gasteiger partial charge is 0.252 e. The van der Waals surface area contributed by atoms with Crippen molar-refractivity contribution in [2.75, 3.05) is 20.3 Å². The fourth-order valence-electron chi connectivity index (χ4n) is 1.45. The van der Waals surface area contributed by atoms with Gasteiger partial charge >= 0.3 is 0 Å².